The number of sulfonamides is 1. The number of nitrogen functional groups attached to an aromatic ring is 1. The molecular formula is C18H24BrN5O3S. The zero-order valence-electron chi connectivity index (χ0n) is 15.9. The Hall–Kier alpha value is -1.75. The summed E-state index contributed by atoms with van der Waals surface area (Å²) >= 11 is 3.47. The molecule has 28 heavy (non-hydrogen) atoms. The van der Waals surface area contributed by atoms with Gasteiger partial charge in [0.15, 0.2) is 5.82 Å². The SMILES string of the molecule is CCOCc1nc2c(N)nc3cc(Br)ccc3c2n1C(C)CCCS(N)(=O)=O. The number of nitrogens with two attached hydrogens (primary N) is 2. The van der Waals surface area contributed by atoms with Gasteiger partial charge in [-0.05, 0) is 44.9 Å². The molecule has 3 rings (SSSR count). The van der Waals surface area contributed by atoms with Gasteiger partial charge in [-0.15, -0.1) is 0 Å². The predicted octanol–water partition coefficient (Wildman–Crippen LogP) is 3.10. The van der Waals surface area contributed by atoms with Gasteiger partial charge in [-0.1, -0.05) is 15.9 Å². The molecule has 0 radical (unpaired) electrons. The number of imidazole rings is 1. The lowest BCUT2D eigenvalue weighted by Crippen LogP contribution is -2.18. The van der Waals surface area contributed by atoms with Crippen LogP contribution < -0.4 is 10.9 Å². The molecule has 152 valence electrons. The smallest absolute Gasteiger partial charge is 0.209 e. The molecule has 0 spiro atoms. The van der Waals surface area contributed by atoms with Crippen LogP contribution in [0.3, 0.4) is 0 Å². The van der Waals surface area contributed by atoms with Crippen LogP contribution >= 0.6 is 15.9 Å². The Labute approximate surface area is 172 Å². The minimum absolute atomic E-state index is 0.0177. The highest BCUT2D eigenvalue weighted by Crippen LogP contribution is 2.33. The second kappa shape index (κ2) is 8.32. The van der Waals surface area contributed by atoms with Crippen molar-refractivity contribution in [2.75, 3.05) is 18.1 Å². The van der Waals surface area contributed by atoms with Gasteiger partial charge in [0.05, 0.1) is 16.8 Å². The van der Waals surface area contributed by atoms with Gasteiger partial charge in [-0.2, -0.15) is 0 Å². The minimum atomic E-state index is -3.49. The molecule has 10 heteroatoms. The van der Waals surface area contributed by atoms with E-state index in [1.54, 1.807) is 0 Å². The zero-order chi connectivity index (χ0) is 20.5. The van der Waals surface area contributed by atoms with Crippen LogP contribution in [0, 0.1) is 0 Å². The molecule has 0 saturated carbocycles. The summed E-state index contributed by atoms with van der Waals surface area (Å²) in [4.78, 5) is 9.18. The number of rotatable bonds is 8. The summed E-state index contributed by atoms with van der Waals surface area (Å²) in [7, 11) is -3.49. The van der Waals surface area contributed by atoms with Crippen molar-refractivity contribution in [2.24, 2.45) is 5.14 Å². The van der Waals surface area contributed by atoms with Crippen LogP contribution in [0.2, 0.25) is 0 Å². The Bertz CT molecular complexity index is 1110. The number of pyridine rings is 1. The van der Waals surface area contributed by atoms with Crippen molar-refractivity contribution < 1.29 is 13.2 Å². The number of hydrogen-bond donors (Lipinski definition) is 2. The Morgan fingerprint density at radius 1 is 1.32 bits per heavy atom. The summed E-state index contributed by atoms with van der Waals surface area (Å²) in [6.45, 7) is 4.85. The van der Waals surface area contributed by atoms with Gasteiger partial charge >= 0.3 is 0 Å². The van der Waals surface area contributed by atoms with Crippen LogP contribution in [-0.4, -0.2) is 35.3 Å². The van der Waals surface area contributed by atoms with Crippen molar-refractivity contribution in [2.45, 2.75) is 39.3 Å². The number of fused-ring (bicyclic) bond motifs is 3. The molecule has 1 aromatic carbocycles. The highest BCUT2D eigenvalue weighted by atomic mass is 79.9. The van der Waals surface area contributed by atoms with Crippen molar-refractivity contribution in [3.05, 3.63) is 28.5 Å². The Morgan fingerprint density at radius 2 is 2.07 bits per heavy atom. The lowest BCUT2D eigenvalue weighted by molar-refractivity contribution is 0.124. The van der Waals surface area contributed by atoms with Crippen LogP contribution in [0.1, 0.15) is 38.6 Å². The van der Waals surface area contributed by atoms with E-state index in [0.717, 1.165) is 26.7 Å². The first kappa shape index (κ1) is 21.0. The van der Waals surface area contributed by atoms with Gasteiger partial charge in [0.2, 0.25) is 10.0 Å². The summed E-state index contributed by atoms with van der Waals surface area (Å²) in [5.74, 6) is 1.04. The fraction of sp³-hybridized carbons (Fsp3) is 0.444. The third kappa shape index (κ3) is 4.45. The highest BCUT2D eigenvalue weighted by Gasteiger charge is 2.21. The van der Waals surface area contributed by atoms with Crippen molar-refractivity contribution >= 4 is 53.7 Å². The quantitative estimate of drug-likeness (QED) is 0.521. The number of anilines is 1. The van der Waals surface area contributed by atoms with E-state index in [1.807, 2.05) is 32.0 Å². The van der Waals surface area contributed by atoms with Crippen molar-refractivity contribution in [1.29, 1.82) is 0 Å². The molecule has 2 aromatic heterocycles. The molecule has 0 amide bonds. The second-order valence-corrected chi connectivity index (χ2v) is 9.40. The van der Waals surface area contributed by atoms with E-state index in [4.69, 9.17) is 20.6 Å². The summed E-state index contributed by atoms with van der Waals surface area (Å²) in [5, 5.41) is 6.07. The Balaban J connectivity index is 2.14. The standard InChI is InChI=1S/C18H24BrN5O3S/c1-3-27-10-15-23-16-17(24(15)11(2)5-4-8-28(21,25)26)13-7-6-12(19)9-14(13)22-18(16)20/h6-7,9,11H,3-5,8,10H2,1-2H3,(H2,20,22)(H2,21,25,26). The molecule has 3 aromatic rings. The van der Waals surface area contributed by atoms with E-state index in [2.05, 4.69) is 25.5 Å². The van der Waals surface area contributed by atoms with Gasteiger partial charge in [0.1, 0.15) is 17.9 Å². The number of nitrogens with zero attached hydrogens (tertiary/aromatic N) is 3. The highest BCUT2D eigenvalue weighted by molar-refractivity contribution is 9.10. The predicted molar refractivity (Wildman–Crippen MR) is 114 cm³/mol. The number of ether oxygens (including phenoxy) is 1. The van der Waals surface area contributed by atoms with Gasteiger partial charge in [-0.25, -0.2) is 23.5 Å². The third-order valence-electron chi connectivity index (χ3n) is 4.61. The molecule has 0 aliphatic rings. The van der Waals surface area contributed by atoms with Crippen LogP contribution in [0.15, 0.2) is 22.7 Å². The molecule has 0 bridgehead atoms. The Morgan fingerprint density at radius 3 is 2.75 bits per heavy atom. The van der Waals surface area contributed by atoms with E-state index in [9.17, 15) is 8.42 Å². The van der Waals surface area contributed by atoms with Crippen molar-refractivity contribution in [1.82, 2.24) is 14.5 Å². The molecule has 1 unspecified atom stereocenters. The van der Waals surface area contributed by atoms with Crippen LogP contribution in [0.4, 0.5) is 5.82 Å². The molecule has 8 nitrogen and oxygen atoms in total. The largest absolute Gasteiger partial charge is 0.382 e. The molecule has 1 atom stereocenters. The van der Waals surface area contributed by atoms with Crippen molar-refractivity contribution in [3.8, 4) is 0 Å². The summed E-state index contributed by atoms with van der Waals surface area (Å²) in [6.07, 6.45) is 1.08. The van der Waals surface area contributed by atoms with Crippen molar-refractivity contribution in [3.63, 3.8) is 0 Å². The molecule has 0 aliphatic carbocycles. The summed E-state index contributed by atoms with van der Waals surface area (Å²) in [5.41, 5.74) is 8.48. The fourth-order valence-corrected chi connectivity index (χ4v) is 4.29. The average Bonchev–Trinajstić information content (AvgIpc) is 2.98. The fourth-order valence-electron chi connectivity index (χ4n) is 3.37. The number of aromatic nitrogens is 3. The van der Waals surface area contributed by atoms with Gasteiger partial charge in [0, 0.05) is 22.5 Å². The van der Waals surface area contributed by atoms with Crippen LogP contribution in [0.25, 0.3) is 21.9 Å². The van der Waals surface area contributed by atoms with Gasteiger partial charge < -0.3 is 15.0 Å². The molecule has 0 fully saturated rings. The second-order valence-electron chi connectivity index (χ2n) is 6.75. The molecule has 2 heterocycles. The maximum Gasteiger partial charge on any atom is 0.209 e. The topological polar surface area (TPSA) is 126 Å². The third-order valence-corrected chi connectivity index (χ3v) is 5.96. The maximum absolute atomic E-state index is 11.3. The van der Waals surface area contributed by atoms with E-state index in [-0.39, 0.29) is 11.8 Å². The number of halogens is 1. The first-order valence-electron chi connectivity index (χ1n) is 9.05. The molecular weight excluding hydrogens is 446 g/mol. The van der Waals surface area contributed by atoms with E-state index >= 15 is 0 Å². The maximum atomic E-state index is 11.3. The first-order chi connectivity index (χ1) is 13.2. The number of primary sulfonamides is 1. The average molecular weight is 470 g/mol. The van der Waals surface area contributed by atoms with E-state index in [0.29, 0.717) is 37.4 Å². The summed E-state index contributed by atoms with van der Waals surface area (Å²) in [6, 6.07) is 5.82. The minimum Gasteiger partial charge on any atom is -0.382 e. The van der Waals surface area contributed by atoms with Gasteiger partial charge in [0.25, 0.3) is 0 Å². The molecule has 0 aliphatic heterocycles. The monoisotopic (exact) mass is 469 g/mol. The van der Waals surface area contributed by atoms with E-state index in [1.165, 1.54) is 0 Å². The lowest BCUT2D eigenvalue weighted by atomic mass is 10.1. The lowest BCUT2D eigenvalue weighted by Gasteiger charge is -2.18. The first-order valence-corrected chi connectivity index (χ1v) is 11.6. The normalized spacial score (nSPS) is 13.4. The van der Waals surface area contributed by atoms with Gasteiger partial charge in [-0.3, -0.25) is 0 Å². The molecule has 0 saturated heterocycles. The van der Waals surface area contributed by atoms with Crippen LogP contribution in [0.5, 0.6) is 0 Å². The number of hydrogen-bond acceptors (Lipinski definition) is 6. The zero-order valence-corrected chi connectivity index (χ0v) is 18.3. The number of benzene rings is 1. The Kier molecular flexibility index (Phi) is 6.23. The molecule has 4 N–H and O–H groups in total. The summed E-state index contributed by atoms with van der Waals surface area (Å²) < 4.78 is 31.2. The van der Waals surface area contributed by atoms with Crippen LogP contribution in [-0.2, 0) is 21.4 Å². The van der Waals surface area contributed by atoms with E-state index < -0.39 is 10.0 Å².